The van der Waals surface area contributed by atoms with E-state index in [-0.39, 0.29) is 12.5 Å². The average Bonchev–Trinajstić information content (AvgIpc) is 2.85. The van der Waals surface area contributed by atoms with E-state index in [1.54, 1.807) is 18.2 Å². The molecule has 2 aromatic rings. The molecule has 0 fully saturated rings. The Morgan fingerprint density at radius 2 is 1.82 bits per heavy atom. The lowest BCUT2D eigenvalue weighted by Crippen LogP contribution is -2.30. The van der Waals surface area contributed by atoms with Crippen molar-refractivity contribution in [3.63, 3.8) is 0 Å². The van der Waals surface area contributed by atoms with Gasteiger partial charge < -0.3 is 29.0 Å². The lowest BCUT2D eigenvalue weighted by molar-refractivity contribution is -0.143. The molecule has 2 aromatic carbocycles. The summed E-state index contributed by atoms with van der Waals surface area (Å²) in [5, 5.41) is 2.74. The van der Waals surface area contributed by atoms with Crippen molar-refractivity contribution in [1.82, 2.24) is 5.32 Å². The van der Waals surface area contributed by atoms with E-state index in [4.69, 9.17) is 23.7 Å². The van der Waals surface area contributed by atoms with E-state index in [0.717, 1.165) is 23.3 Å². The van der Waals surface area contributed by atoms with Gasteiger partial charge in [0.2, 0.25) is 0 Å². The molecule has 8 nitrogen and oxygen atoms in total. The van der Waals surface area contributed by atoms with Crippen LogP contribution in [0.2, 0.25) is 0 Å². The normalized spacial score (nSPS) is 12.3. The molecule has 0 aliphatic carbocycles. The van der Waals surface area contributed by atoms with Crippen LogP contribution in [-0.4, -0.2) is 51.5 Å². The van der Waals surface area contributed by atoms with E-state index in [2.05, 4.69) is 5.32 Å². The maximum Gasteiger partial charge on any atom is 0.331 e. The zero-order valence-corrected chi connectivity index (χ0v) is 19.6. The third-order valence-corrected chi connectivity index (χ3v) is 4.83. The molecule has 0 bridgehead atoms. The number of carbonyl (C=O) groups excluding carboxylic acids is 2. The van der Waals surface area contributed by atoms with Crippen molar-refractivity contribution in [3.05, 3.63) is 53.6 Å². The fraction of sp³-hybridized carbons (Fsp3) is 0.385. The predicted molar refractivity (Wildman–Crippen MR) is 128 cm³/mol. The first-order chi connectivity index (χ1) is 16.6. The van der Waals surface area contributed by atoms with Crippen LogP contribution >= 0.6 is 0 Å². The first kappa shape index (κ1) is 25.0. The average molecular weight is 470 g/mol. The highest BCUT2D eigenvalue weighted by molar-refractivity contribution is 5.89. The minimum absolute atomic E-state index is 0.349. The van der Waals surface area contributed by atoms with Gasteiger partial charge in [0.15, 0.2) is 29.6 Å². The highest BCUT2D eigenvalue weighted by atomic mass is 16.6. The summed E-state index contributed by atoms with van der Waals surface area (Å²) in [7, 11) is 0. The van der Waals surface area contributed by atoms with Crippen LogP contribution < -0.4 is 24.3 Å². The summed E-state index contributed by atoms with van der Waals surface area (Å²) >= 11 is 0. The highest BCUT2D eigenvalue weighted by Gasteiger charge is 2.12. The Labute approximate surface area is 199 Å². The first-order valence-electron chi connectivity index (χ1n) is 11.5. The van der Waals surface area contributed by atoms with Gasteiger partial charge >= 0.3 is 5.97 Å². The van der Waals surface area contributed by atoms with Gasteiger partial charge in [0, 0.05) is 12.6 Å². The summed E-state index contributed by atoms with van der Waals surface area (Å²) in [5.74, 6) is 1.75. The summed E-state index contributed by atoms with van der Waals surface area (Å²) in [6.07, 6.45) is 4.40. The SMILES string of the molecule is CCCOc1ccc(/C=C\C(=O)OCC(=O)NCCc2ccc3c(c2)OCCO3)cc1OCC. The van der Waals surface area contributed by atoms with Crippen LogP contribution in [0.4, 0.5) is 0 Å². The van der Waals surface area contributed by atoms with Crippen molar-refractivity contribution in [3.8, 4) is 23.0 Å². The molecule has 1 aliphatic rings. The summed E-state index contributed by atoms with van der Waals surface area (Å²) in [6, 6.07) is 11.1. The largest absolute Gasteiger partial charge is 0.490 e. The van der Waals surface area contributed by atoms with Gasteiger partial charge in [-0.2, -0.15) is 0 Å². The molecular formula is C26H31NO7. The molecule has 34 heavy (non-hydrogen) atoms. The molecule has 1 amide bonds. The maximum atomic E-state index is 12.0. The van der Waals surface area contributed by atoms with Crippen molar-refractivity contribution in [2.75, 3.05) is 39.6 Å². The number of hydrogen-bond donors (Lipinski definition) is 1. The number of esters is 1. The second-order valence-electron chi connectivity index (χ2n) is 7.51. The molecule has 182 valence electrons. The standard InChI is InChI=1S/C26H31NO7/c1-3-13-31-21-8-5-19(16-23(21)30-4-2)7-10-26(29)34-18-25(28)27-12-11-20-6-9-22-24(17-20)33-15-14-32-22/h5-10,16-17H,3-4,11-15,18H2,1-2H3,(H,27,28)/b10-7-. The van der Waals surface area contributed by atoms with E-state index < -0.39 is 5.97 Å². The number of hydrogen-bond acceptors (Lipinski definition) is 7. The number of fused-ring (bicyclic) bond motifs is 1. The highest BCUT2D eigenvalue weighted by Crippen LogP contribution is 2.31. The Morgan fingerprint density at radius 1 is 1.00 bits per heavy atom. The molecule has 0 radical (unpaired) electrons. The van der Waals surface area contributed by atoms with E-state index in [1.165, 1.54) is 6.08 Å². The van der Waals surface area contributed by atoms with Gasteiger partial charge in [-0.25, -0.2) is 4.79 Å². The second-order valence-corrected chi connectivity index (χ2v) is 7.51. The lowest BCUT2D eigenvalue weighted by atomic mass is 10.1. The summed E-state index contributed by atoms with van der Waals surface area (Å²) in [6.45, 7) is 6.16. The Kier molecular flexibility index (Phi) is 9.64. The van der Waals surface area contributed by atoms with Crippen molar-refractivity contribution < 1.29 is 33.3 Å². The Hall–Kier alpha value is -3.68. The van der Waals surface area contributed by atoms with Gasteiger partial charge in [-0.05, 0) is 61.2 Å². The minimum atomic E-state index is -0.605. The smallest absolute Gasteiger partial charge is 0.331 e. The van der Waals surface area contributed by atoms with Crippen LogP contribution in [0.5, 0.6) is 23.0 Å². The number of ether oxygens (including phenoxy) is 5. The Morgan fingerprint density at radius 3 is 2.62 bits per heavy atom. The van der Waals surface area contributed by atoms with Crippen LogP contribution in [0, 0.1) is 0 Å². The molecule has 0 aromatic heterocycles. The Balaban J connectivity index is 1.41. The van der Waals surface area contributed by atoms with E-state index in [9.17, 15) is 9.59 Å². The van der Waals surface area contributed by atoms with Crippen LogP contribution in [0.25, 0.3) is 6.08 Å². The van der Waals surface area contributed by atoms with Gasteiger partial charge in [-0.3, -0.25) is 4.79 Å². The molecule has 0 atom stereocenters. The van der Waals surface area contributed by atoms with E-state index >= 15 is 0 Å². The fourth-order valence-electron chi connectivity index (χ4n) is 3.22. The zero-order valence-electron chi connectivity index (χ0n) is 19.6. The van der Waals surface area contributed by atoms with Gasteiger partial charge in [0.05, 0.1) is 13.2 Å². The maximum absolute atomic E-state index is 12.0. The van der Waals surface area contributed by atoms with Gasteiger partial charge in [0.25, 0.3) is 5.91 Å². The second kappa shape index (κ2) is 13.1. The molecule has 0 saturated heterocycles. The molecule has 3 rings (SSSR count). The number of nitrogens with one attached hydrogen (secondary N) is 1. The zero-order chi connectivity index (χ0) is 24.2. The number of amides is 1. The summed E-state index contributed by atoms with van der Waals surface area (Å²) in [5.41, 5.74) is 1.77. The van der Waals surface area contributed by atoms with Gasteiger partial charge in [-0.1, -0.05) is 19.1 Å². The molecule has 1 heterocycles. The summed E-state index contributed by atoms with van der Waals surface area (Å²) in [4.78, 5) is 24.0. The third-order valence-electron chi connectivity index (χ3n) is 4.83. The van der Waals surface area contributed by atoms with Gasteiger partial charge in [-0.15, -0.1) is 0 Å². The van der Waals surface area contributed by atoms with Crippen LogP contribution in [0.3, 0.4) is 0 Å². The molecule has 1 aliphatic heterocycles. The van der Waals surface area contributed by atoms with Crippen molar-refractivity contribution in [2.45, 2.75) is 26.7 Å². The molecule has 1 N–H and O–H groups in total. The fourth-order valence-corrected chi connectivity index (χ4v) is 3.22. The number of rotatable bonds is 12. The summed E-state index contributed by atoms with van der Waals surface area (Å²) < 4.78 is 27.4. The van der Waals surface area contributed by atoms with Crippen LogP contribution in [0.1, 0.15) is 31.4 Å². The predicted octanol–water partition coefficient (Wildman–Crippen LogP) is 3.56. The molecule has 0 unspecified atom stereocenters. The Bertz CT molecular complexity index is 1000. The minimum Gasteiger partial charge on any atom is -0.490 e. The topological polar surface area (TPSA) is 92.3 Å². The first-order valence-corrected chi connectivity index (χ1v) is 11.5. The monoisotopic (exact) mass is 469 g/mol. The van der Waals surface area contributed by atoms with E-state index in [1.807, 2.05) is 38.1 Å². The van der Waals surface area contributed by atoms with E-state index in [0.29, 0.717) is 56.6 Å². The van der Waals surface area contributed by atoms with Crippen molar-refractivity contribution >= 4 is 18.0 Å². The van der Waals surface area contributed by atoms with Gasteiger partial charge in [0.1, 0.15) is 13.2 Å². The lowest BCUT2D eigenvalue weighted by Gasteiger charge is -2.18. The van der Waals surface area contributed by atoms with Crippen LogP contribution in [-0.2, 0) is 20.7 Å². The molecule has 0 spiro atoms. The number of carbonyl (C=O) groups is 2. The van der Waals surface area contributed by atoms with Crippen molar-refractivity contribution in [2.24, 2.45) is 0 Å². The molecule has 0 saturated carbocycles. The molecule has 8 heteroatoms. The van der Waals surface area contributed by atoms with Crippen molar-refractivity contribution in [1.29, 1.82) is 0 Å². The number of benzene rings is 2. The van der Waals surface area contributed by atoms with Crippen LogP contribution in [0.15, 0.2) is 42.5 Å². The quantitative estimate of drug-likeness (QED) is 0.375. The third kappa shape index (κ3) is 7.72. The molecular weight excluding hydrogens is 438 g/mol.